The van der Waals surface area contributed by atoms with Crippen molar-refractivity contribution in [1.82, 2.24) is 29.9 Å². The zero-order valence-corrected chi connectivity index (χ0v) is 53.6. The van der Waals surface area contributed by atoms with E-state index in [-0.39, 0.29) is 45.5 Å². The second-order valence-corrected chi connectivity index (χ2v) is 26.8. The van der Waals surface area contributed by atoms with Crippen LogP contribution in [-0.4, -0.2) is 77.5 Å². The highest BCUT2D eigenvalue weighted by molar-refractivity contribution is 7.94. The number of sulfone groups is 1. The van der Waals surface area contributed by atoms with Crippen molar-refractivity contribution in [3.63, 3.8) is 0 Å². The van der Waals surface area contributed by atoms with Crippen LogP contribution in [0, 0.1) is 35.5 Å². The Morgan fingerprint density at radius 2 is 0.750 bits per heavy atom. The Morgan fingerprint density at radius 3 is 1.11 bits per heavy atom. The number of alkyl halides is 12. The van der Waals surface area contributed by atoms with Crippen molar-refractivity contribution in [2.24, 2.45) is 0 Å². The lowest BCUT2D eigenvalue weighted by Crippen LogP contribution is -2.30. The maximum atomic E-state index is 12.8. The molecule has 15 nitrogen and oxygen atoms in total. The molecule has 0 spiro atoms. The van der Waals surface area contributed by atoms with Crippen LogP contribution >= 0.6 is 11.6 Å². The number of hydrogen-bond acceptors (Lipinski definition) is 10. The van der Waals surface area contributed by atoms with Crippen LogP contribution in [0.3, 0.4) is 0 Å². The van der Waals surface area contributed by atoms with Crippen molar-refractivity contribution in [1.29, 1.82) is 0 Å². The molecular weight excluding hydrogens is 1410 g/mol. The summed E-state index contributed by atoms with van der Waals surface area (Å²) in [6.45, 7) is 1.58. The van der Waals surface area contributed by atoms with E-state index in [0.717, 1.165) is 64.1 Å². The molecule has 12 aromatic rings. The van der Waals surface area contributed by atoms with Crippen LogP contribution in [0.25, 0.3) is 66.5 Å². The van der Waals surface area contributed by atoms with Gasteiger partial charge in [-0.15, -0.1) is 0 Å². The van der Waals surface area contributed by atoms with E-state index in [1.807, 2.05) is 66.7 Å². The fourth-order valence-electron chi connectivity index (χ4n) is 9.32. The van der Waals surface area contributed by atoms with E-state index in [2.05, 4.69) is 65.4 Å². The number of sulfonamides is 2. The molecule has 0 atom stereocenters. The van der Waals surface area contributed by atoms with E-state index in [0.29, 0.717) is 55.2 Å². The molecule has 9 aromatic carbocycles. The van der Waals surface area contributed by atoms with Crippen molar-refractivity contribution < 1.29 is 82.7 Å². The molecule has 0 aliphatic heterocycles. The number of aromatic amines is 3. The smallest absolute Gasteiger partial charge is 0.331 e. The van der Waals surface area contributed by atoms with Crippen LogP contribution in [0.15, 0.2) is 205 Å². The van der Waals surface area contributed by atoms with Crippen molar-refractivity contribution in [3.8, 4) is 68.9 Å². The average Bonchev–Trinajstić information content (AvgIpc) is 1.36. The van der Waals surface area contributed by atoms with E-state index in [1.165, 1.54) is 77.5 Å². The maximum absolute atomic E-state index is 12.8. The van der Waals surface area contributed by atoms with Gasteiger partial charge in [0.1, 0.15) is 0 Å². The molecule has 508 valence electrons. The number of ketones is 1. The number of imidazole rings is 3. The van der Waals surface area contributed by atoms with Gasteiger partial charge in [-0.05, 0) is 168 Å². The van der Waals surface area contributed by atoms with Gasteiger partial charge in [0.2, 0.25) is 0 Å². The van der Waals surface area contributed by atoms with E-state index in [4.69, 9.17) is 11.6 Å². The normalized spacial score (nSPS) is 11.9. The number of halogens is 13. The first-order valence-electron chi connectivity index (χ1n) is 28.4. The van der Waals surface area contributed by atoms with Gasteiger partial charge < -0.3 is 15.0 Å². The highest BCUT2D eigenvalue weighted by Gasteiger charge is 2.48. The number of para-hydroxylation sites is 2. The maximum Gasteiger partial charge on any atom is 0.516 e. The Morgan fingerprint density at radius 1 is 0.410 bits per heavy atom. The number of carbonyl (C=O) groups is 1. The summed E-state index contributed by atoms with van der Waals surface area (Å²) in [5.74, 6) is 17.8. The van der Waals surface area contributed by atoms with Gasteiger partial charge >= 0.3 is 42.7 Å². The molecule has 0 saturated heterocycles. The molecular formula is C69H41ClF12N8O7S3. The van der Waals surface area contributed by atoms with Gasteiger partial charge in [-0.3, -0.25) is 14.2 Å². The SMILES string of the molecule is CC(=O)c1ccccc1-c1ccc2nc(C#Cc3ccc(Cl)cc3)[nH]c2c1.O=S(=O)(Nc1ccccc1-c1ccc2nc(C#Cc3ccc(C(F)(F)F)cc3)[nH]c2c1)C(F)(F)F.O=S(=O)(Nc1ccccc1-c1ccc2nc(C#Cc3ccc(S(=O)(=O)C(F)(F)F)cc3)[nH]c2c1)C(F)(F)F. The van der Waals surface area contributed by atoms with Crippen LogP contribution in [0.2, 0.25) is 5.02 Å². The number of carbonyl (C=O) groups excluding carboxylic acids is 1. The number of H-pyrrole nitrogens is 3. The number of Topliss-reactive ketones (excluding diaryl/α,β-unsaturated/α-hetero) is 1. The quantitative estimate of drug-likeness (QED) is 0.0521. The first kappa shape index (κ1) is 71.4. The third-order valence-electron chi connectivity index (χ3n) is 14.1. The standard InChI is InChI=1S/C23H15ClN2O.C23H13F6N3O4S2.C23H13F6N3O2S/c1-15(27)19-4-2-3-5-20(19)17-9-12-21-22(14-17)26-23(25-21)13-8-16-6-10-18(24)11-7-16;24-22(25,26)37(33,34)16-9-5-14(6-10-16)7-12-21-30-19-11-8-15(13-20(19)31-21)17-3-1-2-4-18(17)32-38(35,36)23(27,28)29;24-22(25,26)16-9-5-14(6-10-16)7-12-21-30-19-11-8-15(13-20(19)31-21)17-3-1-2-4-18(17)32-35(33,34)23(27,28)29/h2-7,9-12,14H,1H3,(H,25,26);1-6,8-11,13,32H,(H,30,31);1-6,8-11,13,32H,(H,30,31). The third-order valence-corrected chi connectivity index (χ3v) is 18.1. The number of nitrogens with zero attached hydrogens (tertiary/aromatic N) is 3. The largest absolute Gasteiger partial charge is 0.516 e. The Labute approximate surface area is 564 Å². The Kier molecular flexibility index (Phi) is 20.2. The topological polar surface area (TPSA) is 230 Å². The molecule has 3 aromatic heterocycles. The first-order valence-corrected chi connectivity index (χ1v) is 33.2. The second-order valence-electron chi connectivity index (χ2n) is 21.1. The number of hydrogen-bond donors (Lipinski definition) is 5. The number of aromatic nitrogens is 6. The zero-order valence-electron chi connectivity index (χ0n) is 50.4. The van der Waals surface area contributed by atoms with E-state index >= 15 is 0 Å². The molecule has 31 heteroatoms. The summed E-state index contributed by atoms with van der Waals surface area (Å²) in [5, 5.41) is 0.683. The summed E-state index contributed by atoms with van der Waals surface area (Å²) in [5.41, 5.74) is -9.15. The summed E-state index contributed by atoms with van der Waals surface area (Å²) < 4.78 is 225. The predicted molar refractivity (Wildman–Crippen MR) is 352 cm³/mol. The van der Waals surface area contributed by atoms with Gasteiger partial charge in [-0.25, -0.2) is 23.4 Å². The molecule has 0 amide bonds. The van der Waals surface area contributed by atoms with Crippen molar-refractivity contribution in [2.75, 3.05) is 9.44 Å². The van der Waals surface area contributed by atoms with E-state index in [1.54, 1.807) is 35.9 Å². The lowest BCUT2D eigenvalue weighted by molar-refractivity contribution is -0.137. The van der Waals surface area contributed by atoms with Gasteiger partial charge in [0.05, 0.1) is 54.9 Å². The lowest BCUT2D eigenvalue weighted by Gasteiger charge is -2.14. The summed E-state index contributed by atoms with van der Waals surface area (Å²) in [4.78, 5) is 33.0. The Hall–Kier alpha value is -11.4. The molecule has 0 fully saturated rings. The lowest BCUT2D eigenvalue weighted by atomic mass is 9.97. The number of benzene rings is 9. The minimum Gasteiger partial charge on any atom is -0.331 e. The summed E-state index contributed by atoms with van der Waals surface area (Å²) in [7, 11) is -16.7. The Bertz CT molecular complexity index is 5690. The molecule has 12 rings (SSSR count). The van der Waals surface area contributed by atoms with Gasteiger partial charge in [-0.1, -0.05) is 108 Å². The van der Waals surface area contributed by atoms with E-state index < -0.39 is 63.0 Å². The molecule has 0 saturated carbocycles. The zero-order chi connectivity index (χ0) is 72.2. The molecule has 5 N–H and O–H groups in total. The highest BCUT2D eigenvalue weighted by atomic mass is 35.5. The minimum atomic E-state index is -5.65. The molecule has 0 aliphatic carbocycles. The number of anilines is 2. The molecule has 100 heavy (non-hydrogen) atoms. The second kappa shape index (κ2) is 28.2. The molecule has 0 unspecified atom stereocenters. The molecule has 0 radical (unpaired) electrons. The van der Waals surface area contributed by atoms with Crippen LogP contribution < -0.4 is 9.44 Å². The van der Waals surface area contributed by atoms with Gasteiger partial charge in [0.25, 0.3) is 9.84 Å². The highest BCUT2D eigenvalue weighted by Crippen LogP contribution is 2.37. The van der Waals surface area contributed by atoms with Crippen molar-refractivity contribution in [2.45, 2.75) is 34.5 Å². The minimum absolute atomic E-state index is 0.0461. The van der Waals surface area contributed by atoms with Crippen LogP contribution in [-0.2, 0) is 36.1 Å². The van der Waals surface area contributed by atoms with E-state index in [9.17, 15) is 82.7 Å². The number of fused-ring (bicyclic) bond motifs is 3. The van der Waals surface area contributed by atoms with Crippen molar-refractivity contribution in [3.05, 3.63) is 251 Å². The third kappa shape index (κ3) is 16.8. The summed E-state index contributed by atoms with van der Waals surface area (Å²) >= 11 is 5.89. The number of nitrogens with one attached hydrogen (secondary N) is 5. The fraction of sp³-hybridized carbons (Fsp3) is 0.0725. The molecule has 3 heterocycles. The first-order chi connectivity index (χ1) is 47.0. The van der Waals surface area contributed by atoms with Crippen molar-refractivity contribution >= 4 is 91.7 Å². The fourth-order valence-corrected chi connectivity index (χ4v) is 11.4. The van der Waals surface area contributed by atoms with Gasteiger partial charge in [-0.2, -0.15) is 69.5 Å². The molecule has 0 aliphatic rings. The summed E-state index contributed by atoms with van der Waals surface area (Å²) in [6.07, 6.45) is -4.45. The summed E-state index contributed by atoms with van der Waals surface area (Å²) in [6, 6.07) is 49.2. The van der Waals surface area contributed by atoms with Gasteiger partial charge in [0.15, 0.2) is 23.3 Å². The molecule has 0 bridgehead atoms. The number of rotatable bonds is 9. The Balaban J connectivity index is 0.000000164. The van der Waals surface area contributed by atoms with Crippen LogP contribution in [0.4, 0.5) is 64.1 Å². The van der Waals surface area contributed by atoms with Crippen LogP contribution in [0.5, 0.6) is 0 Å². The monoisotopic (exact) mass is 1450 g/mol. The predicted octanol–water partition coefficient (Wildman–Crippen LogP) is 16.6. The van der Waals surface area contributed by atoms with Gasteiger partial charge in [0, 0.05) is 38.4 Å². The average molecular weight is 1450 g/mol. The van der Waals surface area contributed by atoms with Crippen LogP contribution in [0.1, 0.15) is 57.0 Å².